The number of hydrogen-bond acceptors (Lipinski definition) is 4. The van der Waals surface area contributed by atoms with Crippen molar-refractivity contribution in [3.8, 4) is 0 Å². The number of carbonyl (C=O) groups is 1. The molecule has 5 heteroatoms. The molecule has 1 heterocycles. The average Bonchev–Trinajstić information content (AvgIpc) is 2.29. The van der Waals surface area contributed by atoms with Gasteiger partial charge in [0.05, 0.1) is 11.5 Å². The van der Waals surface area contributed by atoms with Crippen LogP contribution in [0, 0.1) is 10.1 Å². The van der Waals surface area contributed by atoms with E-state index in [1.165, 1.54) is 12.1 Å². The number of nitro groups is 1. The van der Waals surface area contributed by atoms with Crippen molar-refractivity contribution >= 4 is 11.5 Å². The molecule has 1 saturated heterocycles. The minimum absolute atomic E-state index is 0.100. The number of nitro benzene ring substituents is 1. The van der Waals surface area contributed by atoms with Crippen molar-refractivity contribution in [1.29, 1.82) is 0 Å². The highest BCUT2D eigenvalue weighted by molar-refractivity contribution is 5.81. The summed E-state index contributed by atoms with van der Waals surface area (Å²) in [5.41, 5.74) is 1.11. The summed E-state index contributed by atoms with van der Waals surface area (Å²) >= 11 is 0. The third-order valence-electron chi connectivity index (χ3n) is 2.88. The number of likely N-dealkylation sites (tertiary alicyclic amines) is 1. The third kappa shape index (κ3) is 3.10. The van der Waals surface area contributed by atoms with E-state index in [2.05, 4.69) is 4.90 Å². The molecular weight excluding hydrogens is 220 g/mol. The lowest BCUT2D eigenvalue weighted by Crippen LogP contribution is -2.34. The van der Waals surface area contributed by atoms with E-state index in [4.69, 9.17) is 0 Å². The highest BCUT2D eigenvalue weighted by Gasteiger charge is 2.16. The highest BCUT2D eigenvalue weighted by Crippen LogP contribution is 2.15. The predicted molar refractivity (Wildman–Crippen MR) is 62.6 cm³/mol. The van der Waals surface area contributed by atoms with Crippen molar-refractivity contribution in [3.05, 3.63) is 39.9 Å². The fourth-order valence-electron chi connectivity index (χ4n) is 2.02. The first-order chi connectivity index (χ1) is 8.15. The second-order valence-electron chi connectivity index (χ2n) is 4.28. The molecular formula is C12H14N2O3. The van der Waals surface area contributed by atoms with Crippen LogP contribution in [0.1, 0.15) is 18.4 Å². The monoisotopic (exact) mass is 234 g/mol. The summed E-state index contributed by atoms with van der Waals surface area (Å²) < 4.78 is 0. The zero-order valence-corrected chi connectivity index (χ0v) is 9.46. The third-order valence-corrected chi connectivity index (χ3v) is 2.88. The minimum atomic E-state index is -0.409. The van der Waals surface area contributed by atoms with Gasteiger partial charge in [0.15, 0.2) is 0 Å². The van der Waals surface area contributed by atoms with Crippen molar-refractivity contribution in [3.63, 3.8) is 0 Å². The van der Waals surface area contributed by atoms with Gasteiger partial charge in [0.2, 0.25) is 0 Å². The number of rotatable bonds is 3. The molecule has 1 fully saturated rings. The number of ketones is 1. The lowest BCUT2D eigenvalue weighted by molar-refractivity contribution is -0.384. The van der Waals surface area contributed by atoms with Gasteiger partial charge in [0, 0.05) is 25.1 Å². The Morgan fingerprint density at radius 1 is 1.29 bits per heavy atom. The topological polar surface area (TPSA) is 63.5 Å². The largest absolute Gasteiger partial charge is 0.298 e. The molecule has 0 atom stereocenters. The molecule has 0 saturated carbocycles. The van der Waals surface area contributed by atoms with E-state index >= 15 is 0 Å². The molecule has 0 spiro atoms. The standard InChI is InChI=1S/C12H14N2O3/c15-12-2-1-7-13(9-12)8-10-3-5-11(6-4-10)14(16)17/h3-6H,1-2,7-9H2. The van der Waals surface area contributed by atoms with E-state index in [9.17, 15) is 14.9 Å². The van der Waals surface area contributed by atoms with Gasteiger partial charge in [-0.2, -0.15) is 0 Å². The van der Waals surface area contributed by atoms with E-state index in [1.54, 1.807) is 12.1 Å². The molecule has 0 bridgehead atoms. The number of nitrogens with zero attached hydrogens (tertiary/aromatic N) is 2. The normalized spacial score (nSPS) is 17.1. The Morgan fingerprint density at radius 3 is 2.59 bits per heavy atom. The average molecular weight is 234 g/mol. The van der Waals surface area contributed by atoms with E-state index < -0.39 is 4.92 Å². The zero-order chi connectivity index (χ0) is 12.3. The number of benzene rings is 1. The maximum atomic E-state index is 11.3. The Labute approximate surface area is 99.2 Å². The maximum Gasteiger partial charge on any atom is 0.269 e. The second kappa shape index (κ2) is 5.05. The van der Waals surface area contributed by atoms with Gasteiger partial charge in [0.25, 0.3) is 5.69 Å². The first-order valence-corrected chi connectivity index (χ1v) is 5.62. The van der Waals surface area contributed by atoms with Gasteiger partial charge in [-0.25, -0.2) is 0 Å². The maximum absolute atomic E-state index is 11.3. The SMILES string of the molecule is O=C1CCCN(Cc2ccc([N+](=O)[O-])cc2)C1. The molecule has 0 unspecified atom stereocenters. The van der Waals surface area contributed by atoms with E-state index in [0.29, 0.717) is 19.5 Å². The van der Waals surface area contributed by atoms with Crippen LogP contribution in [0.3, 0.4) is 0 Å². The van der Waals surface area contributed by atoms with E-state index in [1.807, 2.05) is 0 Å². The van der Waals surface area contributed by atoms with Gasteiger partial charge in [-0.1, -0.05) is 12.1 Å². The molecule has 5 nitrogen and oxygen atoms in total. The van der Waals surface area contributed by atoms with Gasteiger partial charge >= 0.3 is 0 Å². The lowest BCUT2D eigenvalue weighted by atomic mass is 10.1. The molecule has 0 aromatic heterocycles. The molecule has 2 rings (SSSR count). The Balaban J connectivity index is 1.98. The fourth-order valence-corrected chi connectivity index (χ4v) is 2.02. The highest BCUT2D eigenvalue weighted by atomic mass is 16.6. The number of carbonyl (C=O) groups excluding carboxylic acids is 1. The summed E-state index contributed by atoms with van der Waals surface area (Å²) in [6.45, 7) is 2.10. The second-order valence-corrected chi connectivity index (χ2v) is 4.28. The Kier molecular flexibility index (Phi) is 3.49. The first kappa shape index (κ1) is 11.7. The number of non-ortho nitro benzene ring substituents is 1. The van der Waals surface area contributed by atoms with Crippen LogP contribution in [0.5, 0.6) is 0 Å². The van der Waals surface area contributed by atoms with E-state index in [0.717, 1.165) is 18.5 Å². The van der Waals surface area contributed by atoms with Crippen LogP contribution in [0.15, 0.2) is 24.3 Å². The van der Waals surface area contributed by atoms with Gasteiger partial charge in [-0.05, 0) is 18.5 Å². The summed E-state index contributed by atoms with van der Waals surface area (Å²) in [5.74, 6) is 0.276. The van der Waals surface area contributed by atoms with Crippen molar-refractivity contribution in [2.75, 3.05) is 13.1 Å². The molecule has 0 amide bonds. The Bertz CT molecular complexity index is 428. The van der Waals surface area contributed by atoms with Crippen LogP contribution in [-0.2, 0) is 11.3 Å². The summed E-state index contributed by atoms with van der Waals surface area (Å²) in [7, 11) is 0. The van der Waals surface area contributed by atoms with Gasteiger partial charge in [-0.3, -0.25) is 19.8 Å². The van der Waals surface area contributed by atoms with Crippen LogP contribution in [0.25, 0.3) is 0 Å². The van der Waals surface area contributed by atoms with Crippen molar-refractivity contribution in [1.82, 2.24) is 4.90 Å². The van der Waals surface area contributed by atoms with Crippen LogP contribution in [-0.4, -0.2) is 28.7 Å². The summed E-state index contributed by atoms with van der Waals surface area (Å²) in [4.78, 5) is 23.4. The smallest absolute Gasteiger partial charge is 0.269 e. The summed E-state index contributed by atoms with van der Waals surface area (Å²) in [6, 6.07) is 6.50. The molecule has 1 aliphatic heterocycles. The Morgan fingerprint density at radius 2 is 2.00 bits per heavy atom. The summed E-state index contributed by atoms with van der Waals surface area (Å²) in [6.07, 6.45) is 1.59. The van der Waals surface area contributed by atoms with Crippen LogP contribution in [0.2, 0.25) is 0 Å². The summed E-state index contributed by atoms with van der Waals surface area (Å²) in [5, 5.41) is 10.5. The van der Waals surface area contributed by atoms with Crippen LogP contribution < -0.4 is 0 Å². The molecule has 1 aromatic rings. The molecule has 17 heavy (non-hydrogen) atoms. The van der Waals surface area contributed by atoms with Crippen LogP contribution >= 0.6 is 0 Å². The molecule has 0 N–H and O–H groups in total. The van der Waals surface area contributed by atoms with Crippen LogP contribution in [0.4, 0.5) is 5.69 Å². The fraction of sp³-hybridized carbons (Fsp3) is 0.417. The van der Waals surface area contributed by atoms with Gasteiger partial charge < -0.3 is 0 Å². The lowest BCUT2D eigenvalue weighted by Gasteiger charge is -2.25. The van der Waals surface area contributed by atoms with Gasteiger partial charge in [-0.15, -0.1) is 0 Å². The van der Waals surface area contributed by atoms with Crippen molar-refractivity contribution in [2.24, 2.45) is 0 Å². The quantitative estimate of drug-likeness (QED) is 0.590. The van der Waals surface area contributed by atoms with Gasteiger partial charge in [0.1, 0.15) is 5.78 Å². The predicted octanol–water partition coefficient (Wildman–Crippen LogP) is 1.76. The zero-order valence-electron chi connectivity index (χ0n) is 9.46. The number of Topliss-reactive ketones (excluding diaryl/α,β-unsaturated/α-hetero) is 1. The number of hydrogen-bond donors (Lipinski definition) is 0. The molecule has 0 aliphatic carbocycles. The minimum Gasteiger partial charge on any atom is -0.298 e. The first-order valence-electron chi connectivity index (χ1n) is 5.62. The Hall–Kier alpha value is -1.75. The van der Waals surface area contributed by atoms with E-state index in [-0.39, 0.29) is 11.5 Å². The molecule has 1 aliphatic rings. The molecule has 1 aromatic carbocycles. The molecule has 0 radical (unpaired) electrons. The molecule has 90 valence electrons. The van der Waals surface area contributed by atoms with Crippen molar-refractivity contribution in [2.45, 2.75) is 19.4 Å². The number of piperidine rings is 1. The van der Waals surface area contributed by atoms with Crippen molar-refractivity contribution < 1.29 is 9.72 Å².